The molecule has 12 heavy (non-hydrogen) atoms. The first-order chi connectivity index (χ1) is 5.66. The average Bonchev–Trinajstić information content (AvgIpc) is 2.34. The van der Waals surface area contributed by atoms with Crippen LogP contribution in [0.2, 0.25) is 0 Å². The molecule has 0 radical (unpaired) electrons. The van der Waals surface area contributed by atoms with Crippen molar-refractivity contribution in [3.8, 4) is 0 Å². The van der Waals surface area contributed by atoms with Crippen molar-refractivity contribution in [3.05, 3.63) is 11.3 Å². The highest BCUT2D eigenvalue weighted by atomic mass is 15.2. The first kappa shape index (κ1) is 9.10. The quantitative estimate of drug-likeness (QED) is 0.724. The fourth-order valence-electron chi connectivity index (χ4n) is 1.38. The lowest BCUT2D eigenvalue weighted by Gasteiger charge is -2.04. The van der Waals surface area contributed by atoms with Crippen LogP contribution >= 0.6 is 0 Å². The van der Waals surface area contributed by atoms with Gasteiger partial charge in [0.1, 0.15) is 5.82 Å². The van der Waals surface area contributed by atoms with Crippen LogP contribution in [-0.2, 0) is 6.42 Å². The van der Waals surface area contributed by atoms with Gasteiger partial charge in [-0.25, -0.2) is 0 Å². The van der Waals surface area contributed by atoms with Crippen LogP contribution in [0.4, 0.5) is 5.82 Å². The van der Waals surface area contributed by atoms with Crippen molar-refractivity contribution in [2.75, 3.05) is 5.73 Å². The molecule has 0 aliphatic heterocycles. The Hall–Kier alpha value is -0.990. The molecule has 1 aromatic rings. The molecule has 0 amide bonds. The minimum absolute atomic E-state index is 0.483. The van der Waals surface area contributed by atoms with E-state index < -0.39 is 0 Å². The normalized spacial score (nSPS) is 11.0. The van der Waals surface area contributed by atoms with Crippen molar-refractivity contribution in [2.45, 2.75) is 39.5 Å². The van der Waals surface area contributed by atoms with Gasteiger partial charge in [-0.05, 0) is 12.3 Å². The first-order valence-electron chi connectivity index (χ1n) is 4.49. The van der Waals surface area contributed by atoms with Crippen LogP contribution in [0, 0.1) is 0 Å². The molecule has 0 aliphatic carbocycles. The minimum Gasteiger partial charge on any atom is -0.382 e. The number of H-pyrrole nitrogens is 1. The number of aromatic nitrogens is 2. The van der Waals surface area contributed by atoms with Crippen molar-refractivity contribution < 1.29 is 0 Å². The lowest BCUT2D eigenvalue weighted by molar-refractivity contribution is 0.786. The zero-order chi connectivity index (χ0) is 9.14. The summed E-state index contributed by atoms with van der Waals surface area (Å²) in [6, 6.07) is 0. The highest BCUT2D eigenvalue weighted by molar-refractivity contribution is 5.43. The molecule has 68 valence electrons. The smallest absolute Gasteiger partial charge is 0.148 e. The number of nitrogens with zero attached hydrogens (tertiary/aromatic N) is 1. The summed E-state index contributed by atoms with van der Waals surface area (Å²) in [6.45, 7) is 6.44. The fraction of sp³-hybridized carbons (Fsp3) is 0.667. The Balaban J connectivity index is 2.95. The predicted molar refractivity (Wildman–Crippen MR) is 51.1 cm³/mol. The average molecular weight is 167 g/mol. The molecule has 0 saturated heterocycles. The highest BCUT2D eigenvalue weighted by Crippen LogP contribution is 2.22. The van der Waals surface area contributed by atoms with Gasteiger partial charge in [-0.1, -0.05) is 27.2 Å². The summed E-state index contributed by atoms with van der Waals surface area (Å²) < 4.78 is 0. The maximum absolute atomic E-state index is 5.72. The molecule has 0 aromatic carbocycles. The van der Waals surface area contributed by atoms with Crippen LogP contribution in [-0.4, -0.2) is 10.2 Å². The second-order valence-electron chi connectivity index (χ2n) is 3.41. The van der Waals surface area contributed by atoms with Crippen LogP contribution in [0.1, 0.15) is 44.4 Å². The Morgan fingerprint density at radius 1 is 1.50 bits per heavy atom. The molecule has 0 atom stereocenters. The maximum atomic E-state index is 5.72. The van der Waals surface area contributed by atoms with E-state index in [-0.39, 0.29) is 0 Å². The number of nitrogen functional groups attached to an aromatic ring is 1. The third-order valence-corrected chi connectivity index (χ3v) is 2.01. The highest BCUT2D eigenvalue weighted by Gasteiger charge is 2.11. The van der Waals surface area contributed by atoms with E-state index in [9.17, 15) is 0 Å². The summed E-state index contributed by atoms with van der Waals surface area (Å²) in [4.78, 5) is 0. The van der Waals surface area contributed by atoms with Crippen LogP contribution < -0.4 is 5.73 Å². The summed E-state index contributed by atoms with van der Waals surface area (Å²) in [6.07, 6.45) is 2.14. The van der Waals surface area contributed by atoms with Crippen molar-refractivity contribution >= 4 is 5.82 Å². The topological polar surface area (TPSA) is 54.7 Å². The molecule has 0 unspecified atom stereocenters. The molecular formula is C9H17N3. The zero-order valence-electron chi connectivity index (χ0n) is 8.02. The number of nitrogens with one attached hydrogen (secondary N) is 1. The number of rotatable bonds is 3. The second kappa shape index (κ2) is 3.61. The molecule has 3 heteroatoms. The van der Waals surface area contributed by atoms with Gasteiger partial charge in [-0.3, -0.25) is 5.10 Å². The minimum atomic E-state index is 0.483. The molecule has 0 spiro atoms. The fourth-order valence-corrected chi connectivity index (χ4v) is 1.38. The van der Waals surface area contributed by atoms with Gasteiger partial charge in [0.2, 0.25) is 0 Å². The van der Waals surface area contributed by atoms with Crippen LogP contribution in [0.15, 0.2) is 0 Å². The molecule has 0 saturated carbocycles. The molecular weight excluding hydrogens is 150 g/mol. The van der Waals surface area contributed by atoms with Gasteiger partial charge in [0.15, 0.2) is 0 Å². The van der Waals surface area contributed by atoms with Gasteiger partial charge >= 0.3 is 0 Å². The predicted octanol–water partition coefficient (Wildman–Crippen LogP) is 2.07. The molecule has 0 aliphatic rings. The molecule has 3 N–H and O–H groups in total. The summed E-state index contributed by atoms with van der Waals surface area (Å²) >= 11 is 0. The molecule has 1 rings (SSSR count). The molecule has 1 heterocycles. The van der Waals surface area contributed by atoms with Gasteiger partial charge in [0.05, 0.1) is 0 Å². The van der Waals surface area contributed by atoms with Gasteiger partial charge in [-0.2, -0.15) is 5.10 Å². The number of aromatic amines is 1. The Kier molecular flexibility index (Phi) is 2.74. The molecule has 0 fully saturated rings. The lowest BCUT2D eigenvalue weighted by Crippen LogP contribution is -1.96. The number of nitrogens with two attached hydrogens (primary N) is 1. The zero-order valence-corrected chi connectivity index (χ0v) is 8.02. The van der Waals surface area contributed by atoms with Crippen LogP contribution in [0.3, 0.4) is 0 Å². The van der Waals surface area contributed by atoms with Crippen molar-refractivity contribution in [1.29, 1.82) is 0 Å². The van der Waals surface area contributed by atoms with E-state index in [4.69, 9.17) is 5.73 Å². The Bertz CT molecular complexity index is 250. The third kappa shape index (κ3) is 1.60. The monoisotopic (exact) mass is 167 g/mol. The number of hydrogen-bond donors (Lipinski definition) is 2. The Morgan fingerprint density at radius 2 is 2.17 bits per heavy atom. The van der Waals surface area contributed by atoms with E-state index in [1.807, 2.05) is 0 Å². The largest absolute Gasteiger partial charge is 0.382 e. The van der Waals surface area contributed by atoms with Crippen molar-refractivity contribution in [2.24, 2.45) is 0 Å². The molecule has 3 nitrogen and oxygen atoms in total. The Labute approximate surface area is 73.4 Å². The Morgan fingerprint density at radius 3 is 2.67 bits per heavy atom. The molecule has 1 aromatic heterocycles. The third-order valence-electron chi connectivity index (χ3n) is 2.01. The first-order valence-corrected chi connectivity index (χ1v) is 4.49. The van der Waals surface area contributed by atoms with E-state index in [0.29, 0.717) is 11.7 Å². The summed E-state index contributed by atoms with van der Waals surface area (Å²) in [7, 11) is 0. The lowest BCUT2D eigenvalue weighted by atomic mass is 10.0. The summed E-state index contributed by atoms with van der Waals surface area (Å²) in [5, 5.41) is 6.99. The van der Waals surface area contributed by atoms with Gasteiger partial charge in [0.25, 0.3) is 0 Å². The van der Waals surface area contributed by atoms with Gasteiger partial charge in [0, 0.05) is 11.3 Å². The summed E-state index contributed by atoms with van der Waals surface area (Å²) in [5.74, 6) is 1.15. The van der Waals surface area contributed by atoms with E-state index in [1.165, 1.54) is 11.3 Å². The summed E-state index contributed by atoms with van der Waals surface area (Å²) in [5.41, 5.74) is 8.11. The van der Waals surface area contributed by atoms with Crippen molar-refractivity contribution in [1.82, 2.24) is 10.2 Å². The van der Waals surface area contributed by atoms with E-state index in [1.54, 1.807) is 0 Å². The van der Waals surface area contributed by atoms with Crippen LogP contribution in [0.25, 0.3) is 0 Å². The van der Waals surface area contributed by atoms with Gasteiger partial charge < -0.3 is 5.73 Å². The molecule has 0 bridgehead atoms. The van der Waals surface area contributed by atoms with E-state index in [0.717, 1.165) is 12.8 Å². The SMILES string of the molecule is CCCc1c(N)n[nH]c1C(C)C. The number of hydrogen-bond acceptors (Lipinski definition) is 2. The maximum Gasteiger partial charge on any atom is 0.148 e. The van der Waals surface area contributed by atoms with Crippen LogP contribution in [0.5, 0.6) is 0 Å². The van der Waals surface area contributed by atoms with Crippen molar-refractivity contribution in [3.63, 3.8) is 0 Å². The standard InChI is InChI=1S/C9H17N3/c1-4-5-7-8(6(2)3)11-12-9(7)10/h6H,4-5H2,1-3H3,(H3,10,11,12). The van der Waals surface area contributed by atoms with E-state index >= 15 is 0 Å². The second-order valence-corrected chi connectivity index (χ2v) is 3.41. The van der Waals surface area contributed by atoms with Gasteiger partial charge in [-0.15, -0.1) is 0 Å². The number of anilines is 1. The van der Waals surface area contributed by atoms with E-state index in [2.05, 4.69) is 31.0 Å².